The summed E-state index contributed by atoms with van der Waals surface area (Å²) in [6.45, 7) is 9.11. The van der Waals surface area contributed by atoms with Gasteiger partial charge in [0, 0.05) is 12.6 Å². The summed E-state index contributed by atoms with van der Waals surface area (Å²) < 4.78 is 0. The van der Waals surface area contributed by atoms with Crippen LogP contribution in [0, 0.1) is 11.8 Å². The van der Waals surface area contributed by atoms with Crippen molar-refractivity contribution < 1.29 is 5.11 Å². The van der Waals surface area contributed by atoms with E-state index < -0.39 is 5.60 Å². The smallest absolute Gasteiger partial charge is 0.0766 e. The molecule has 1 rings (SSSR count). The summed E-state index contributed by atoms with van der Waals surface area (Å²) in [6.07, 6.45) is 6.63. The Balaban J connectivity index is 2.32. The van der Waals surface area contributed by atoms with Gasteiger partial charge in [-0.1, -0.05) is 40.0 Å². The van der Waals surface area contributed by atoms with Gasteiger partial charge in [0.25, 0.3) is 0 Å². The largest absolute Gasteiger partial charge is 0.389 e. The van der Waals surface area contributed by atoms with Crippen molar-refractivity contribution in [2.24, 2.45) is 11.8 Å². The number of hydrogen-bond donors (Lipinski definition) is 2. The summed E-state index contributed by atoms with van der Waals surface area (Å²) in [5, 5.41) is 13.7. The van der Waals surface area contributed by atoms with Crippen LogP contribution in [0.5, 0.6) is 0 Å². The van der Waals surface area contributed by atoms with Crippen LogP contribution in [0.3, 0.4) is 0 Å². The summed E-state index contributed by atoms with van der Waals surface area (Å²) in [5.41, 5.74) is -0.570. The molecule has 2 heteroatoms. The van der Waals surface area contributed by atoms with E-state index in [1.165, 1.54) is 32.1 Å². The normalized spacial score (nSPS) is 30.4. The van der Waals surface area contributed by atoms with Crippen LogP contribution in [0.15, 0.2) is 0 Å². The predicted octanol–water partition coefficient (Wildman–Crippen LogP) is 2.95. The summed E-state index contributed by atoms with van der Waals surface area (Å²) in [5.74, 6) is 1.21. The molecule has 3 unspecified atom stereocenters. The molecule has 0 bridgehead atoms. The molecule has 0 spiro atoms. The molecule has 0 aromatic rings. The Hall–Kier alpha value is -0.0800. The highest BCUT2D eigenvalue weighted by Gasteiger charge is 2.27. The van der Waals surface area contributed by atoms with Gasteiger partial charge in [0.1, 0.15) is 0 Å². The maximum atomic E-state index is 10.2. The van der Waals surface area contributed by atoms with Gasteiger partial charge in [-0.15, -0.1) is 0 Å². The fourth-order valence-electron chi connectivity index (χ4n) is 2.40. The lowest BCUT2D eigenvalue weighted by Gasteiger charge is -2.34. The van der Waals surface area contributed by atoms with E-state index >= 15 is 0 Å². The van der Waals surface area contributed by atoms with Crippen LogP contribution in [-0.4, -0.2) is 23.3 Å². The molecule has 1 aliphatic carbocycles. The van der Waals surface area contributed by atoms with Crippen LogP contribution < -0.4 is 5.32 Å². The molecule has 0 heterocycles. The lowest BCUT2D eigenvalue weighted by Crippen LogP contribution is -2.46. The van der Waals surface area contributed by atoms with Gasteiger partial charge in [0.15, 0.2) is 0 Å². The highest BCUT2D eigenvalue weighted by molar-refractivity contribution is 4.84. The van der Waals surface area contributed by atoms with Crippen LogP contribution in [0.4, 0.5) is 0 Å². The highest BCUT2D eigenvalue weighted by Crippen LogP contribution is 2.27. The second kappa shape index (κ2) is 6.02. The minimum atomic E-state index is -0.570. The van der Waals surface area contributed by atoms with Crippen LogP contribution in [0.2, 0.25) is 0 Å². The van der Waals surface area contributed by atoms with E-state index in [1.807, 2.05) is 6.92 Å². The Kier molecular flexibility index (Phi) is 5.26. The van der Waals surface area contributed by atoms with E-state index in [9.17, 15) is 5.11 Å². The maximum absolute atomic E-state index is 10.2. The first kappa shape index (κ1) is 14.0. The van der Waals surface area contributed by atoms with Gasteiger partial charge in [0.2, 0.25) is 0 Å². The molecule has 0 aromatic carbocycles. The molecule has 2 N–H and O–H groups in total. The first-order chi connectivity index (χ1) is 7.45. The Labute approximate surface area is 101 Å². The Morgan fingerprint density at radius 3 is 2.62 bits per heavy atom. The molecule has 0 radical (unpaired) electrons. The van der Waals surface area contributed by atoms with E-state index in [0.29, 0.717) is 12.0 Å². The average molecular weight is 227 g/mol. The second-order valence-corrected chi connectivity index (χ2v) is 6.03. The minimum Gasteiger partial charge on any atom is -0.389 e. The van der Waals surface area contributed by atoms with Crippen molar-refractivity contribution in [2.75, 3.05) is 6.54 Å². The molecular weight excluding hydrogens is 198 g/mol. The summed E-state index contributed by atoms with van der Waals surface area (Å²) >= 11 is 0. The summed E-state index contributed by atoms with van der Waals surface area (Å²) in [4.78, 5) is 0. The molecule has 3 atom stereocenters. The lowest BCUT2D eigenvalue weighted by atomic mass is 9.83. The standard InChI is InChI=1S/C14H29NO/c1-5-12-7-6-8-13(9-12)15-10-14(4,16)11(2)3/h11-13,15-16H,5-10H2,1-4H3. The van der Waals surface area contributed by atoms with Crippen LogP contribution in [-0.2, 0) is 0 Å². The minimum absolute atomic E-state index is 0.311. The second-order valence-electron chi connectivity index (χ2n) is 6.03. The van der Waals surface area contributed by atoms with Crippen molar-refractivity contribution in [3.8, 4) is 0 Å². The van der Waals surface area contributed by atoms with Crippen molar-refractivity contribution in [1.29, 1.82) is 0 Å². The van der Waals surface area contributed by atoms with E-state index in [0.717, 1.165) is 12.5 Å². The highest BCUT2D eigenvalue weighted by atomic mass is 16.3. The first-order valence-corrected chi connectivity index (χ1v) is 6.91. The van der Waals surface area contributed by atoms with Gasteiger partial charge in [-0.3, -0.25) is 0 Å². The van der Waals surface area contributed by atoms with E-state index in [4.69, 9.17) is 0 Å². The molecule has 1 saturated carbocycles. The zero-order valence-electron chi connectivity index (χ0n) is 11.4. The van der Waals surface area contributed by atoms with E-state index in [-0.39, 0.29) is 0 Å². The average Bonchev–Trinajstić information content (AvgIpc) is 2.26. The van der Waals surface area contributed by atoms with E-state index in [2.05, 4.69) is 26.1 Å². The van der Waals surface area contributed by atoms with Crippen molar-refractivity contribution in [3.63, 3.8) is 0 Å². The third-order valence-electron chi connectivity index (χ3n) is 4.35. The van der Waals surface area contributed by atoms with Crippen molar-refractivity contribution in [3.05, 3.63) is 0 Å². The zero-order valence-corrected chi connectivity index (χ0v) is 11.4. The Bertz CT molecular complexity index is 201. The summed E-state index contributed by atoms with van der Waals surface area (Å²) in [7, 11) is 0. The quantitative estimate of drug-likeness (QED) is 0.757. The SMILES string of the molecule is CCC1CCCC(NCC(C)(O)C(C)C)C1. The molecule has 96 valence electrons. The predicted molar refractivity (Wildman–Crippen MR) is 69.5 cm³/mol. The van der Waals surface area contributed by atoms with Crippen molar-refractivity contribution >= 4 is 0 Å². The zero-order chi connectivity index (χ0) is 12.2. The van der Waals surface area contributed by atoms with E-state index in [1.54, 1.807) is 0 Å². The number of nitrogens with one attached hydrogen (secondary N) is 1. The lowest BCUT2D eigenvalue weighted by molar-refractivity contribution is 0.00994. The fraction of sp³-hybridized carbons (Fsp3) is 1.00. The van der Waals surface area contributed by atoms with Gasteiger partial charge in [-0.2, -0.15) is 0 Å². The molecular formula is C14H29NO. The maximum Gasteiger partial charge on any atom is 0.0766 e. The first-order valence-electron chi connectivity index (χ1n) is 6.91. The van der Waals surface area contributed by atoms with Gasteiger partial charge in [0.05, 0.1) is 5.60 Å². The van der Waals surface area contributed by atoms with Gasteiger partial charge >= 0.3 is 0 Å². The van der Waals surface area contributed by atoms with Crippen molar-refractivity contribution in [2.45, 2.75) is 71.4 Å². The Morgan fingerprint density at radius 2 is 2.06 bits per heavy atom. The monoisotopic (exact) mass is 227 g/mol. The molecule has 16 heavy (non-hydrogen) atoms. The van der Waals surface area contributed by atoms with Gasteiger partial charge in [-0.25, -0.2) is 0 Å². The molecule has 0 saturated heterocycles. The third-order valence-corrected chi connectivity index (χ3v) is 4.35. The molecule has 1 fully saturated rings. The fourth-order valence-corrected chi connectivity index (χ4v) is 2.40. The van der Waals surface area contributed by atoms with Crippen LogP contribution >= 0.6 is 0 Å². The van der Waals surface area contributed by atoms with Crippen LogP contribution in [0.25, 0.3) is 0 Å². The number of hydrogen-bond acceptors (Lipinski definition) is 2. The number of aliphatic hydroxyl groups is 1. The van der Waals surface area contributed by atoms with Crippen LogP contribution in [0.1, 0.15) is 59.8 Å². The molecule has 0 amide bonds. The Morgan fingerprint density at radius 1 is 1.38 bits per heavy atom. The summed E-state index contributed by atoms with van der Waals surface area (Å²) in [6, 6.07) is 0.629. The molecule has 1 aliphatic rings. The van der Waals surface area contributed by atoms with Gasteiger partial charge in [-0.05, 0) is 31.6 Å². The third kappa shape index (κ3) is 4.06. The molecule has 0 aromatic heterocycles. The van der Waals surface area contributed by atoms with Crippen molar-refractivity contribution in [1.82, 2.24) is 5.32 Å². The molecule has 0 aliphatic heterocycles. The topological polar surface area (TPSA) is 32.3 Å². The number of rotatable bonds is 5. The molecule has 2 nitrogen and oxygen atoms in total. The van der Waals surface area contributed by atoms with Gasteiger partial charge < -0.3 is 10.4 Å².